The number of ether oxygens (including phenoxy) is 3. The van der Waals surface area contributed by atoms with E-state index < -0.39 is 6.10 Å². The third-order valence-electron chi connectivity index (χ3n) is 3.42. The highest BCUT2D eigenvalue weighted by molar-refractivity contribution is 5.74. The number of hydrogen-bond acceptors (Lipinski definition) is 4. The predicted octanol–water partition coefficient (Wildman–Crippen LogP) is 2.70. The van der Waals surface area contributed by atoms with Crippen molar-refractivity contribution < 1.29 is 19.0 Å². The zero-order valence-electron chi connectivity index (χ0n) is 12.1. The van der Waals surface area contributed by atoms with Crippen LogP contribution in [0.3, 0.4) is 0 Å². The van der Waals surface area contributed by atoms with Crippen LogP contribution in [0.4, 0.5) is 0 Å². The quantitative estimate of drug-likeness (QED) is 0.777. The van der Waals surface area contributed by atoms with E-state index in [-0.39, 0.29) is 18.2 Å². The Kier molecular flexibility index (Phi) is 5.56. The maximum absolute atomic E-state index is 11.9. The van der Waals surface area contributed by atoms with Gasteiger partial charge in [-0.25, -0.2) is 4.79 Å². The average Bonchev–Trinajstić information content (AvgIpc) is 2.48. The molecule has 1 heterocycles. The molecule has 0 bridgehead atoms. The smallest absolute Gasteiger partial charge is 0.335 e. The zero-order chi connectivity index (χ0) is 14.4. The predicted molar refractivity (Wildman–Crippen MR) is 75.2 cm³/mol. The first-order chi connectivity index (χ1) is 9.65. The number of carbonyl (C=O) groups excluding carboxylic acids is 1. The normalized spacial score (nSPS) is 24.1. The molecule has 110 valence electrons. The van der Waals surface area contributed by atoms with Crippen LogP contribution in [-0.4, -0.2) is 30.9 Å². The van der Waals surface area contributed by atoms with E-state index in [4.69, 9.17) is 14.2 Å². The van der Waals surface area contributed by atoms with Crippen molar-refractivity contribution in [2.75, 3.05) is 6.61 Å². The van der Waals surface area contributed by atoms with Crippen LogP contribution < -0.4 is 0 Å². The lowest BCUT2D eigenvalue weighted by atomic mass is 10.1. The number of carbonyl (C=O) groups is 1. The highest BCUT2D eigenvalue weighted by Crippen LogP contribution is 2.16. The molecule has 1 aromatic rings. The van der Waals surface area contributed by atoms with E-state index in [1.807, 2.05) is 37.3 Å². The summed E-state index contributed by atoms with van der Waals surface area (Å²) in [5, 5.41) is 0. The molecule has 0 aliphatic carbocycles. The second-order valence-electron chi connectivity index (χ2n) is 5.22. The Morgan fingerprint density at radius 2 is 2.10 bits per heavy atom. The van der Waals surface area contributed by atoms with Gasteiger partial charge in [-0.1, -0.05) is 30.3 Å². The van der Waals surface area contributed by atoms with E-state index >= 15 is 0 Å². The molecular weight excluding hydrogens is 256 g/mol. The first-order valence-corrected chi connectivity index (χ1v) is 7.13. The molecule has 1 aliphatic heterocycles. The van der Waals surface area contributed by atoms with Crippen LogP contribution in [0.2, 0.25) is 0 Å². The Labute approximate surface area is 120 Å². The maximum Gasteiger partial charge on any atom is 0.335 e. The summed E-state index contributed by atoms with van der Waals surface area (Å²) >= 11 is 0. The molecule has 20 heavy (non-hydrogen) atoms. The lowest BCUT2D eigenvalue weighted by molar-refractivity contribution is -0.170. The van der Waals surface area contributed by atoms with Crippen LogP contribution in [-0.2, 0) is 25.6 Å². The highest BCUT2D eigenvalue weighted by Gasteiger charge is 2.24. The molecule has 0 N–H and O–H groups in total. The van der Waals surface area contributed by atoms with E-state index in [0.717, 1.165) is 18.4 Å². The second-order valence-corrected chi connectivity index (χ2v) is 5.22. The van der Waals surface area contributed by atoms with Gasteiger partial charge in [0.2, 0.25) is 0 Å². The Bertz CT molecular complexity index is 410. The van der Waals surface area contributed by atoms with Crippen molar-refractivity contribution in [2.24, 2.45) is 0 Å². The van der Waals surface area contributed by atoms with Crippen molar-refractivity contribution in [3.63, 3.8) is 0 Å². The Morgan fingerprint density at radius 1 is 1.35 bits per heavy atom. The molecule has 4 heteroatoms. The van der Waals surface area contributed by atoms with Crippen LogP contribution in [0.15, 0.2) is 30.3 Å². The zero-order valence-corrected chi connectivity index (χ0v) is 12.1. The van der Waals surface area contributed by atoms with E-state index in [1.165, 1.54) is 0 Å². The van der Waals surface area contributed by atoms with Crippen molar-refractivity contribution in [3.8, 4) is 0 Å². The average molecular weight is 278 g/mol. The first-order valence-electron chi connectivity index (χ1n) is 7.13. The molecule has 1 aromatic carbocycles. The van der Waals surface area contributed by atoms with Gasteiger partial charge in [0, 0.05) is 0 Å². The summed E-state index contributed by atoms with van der Waals surface area (Å²) in [6.45, 7) is 4.65. The molecule has 0 radical (unpaired) electrons. The third-order valence-corrected chi connectivity index (χ3v) is 3.42. The minimum absolute atomic E-state index is 0.138. The molecule has 0 amide bonds. The summed E-state index contributed by atoms with van der Waals surface area (Å²) in [6, 6.07) is 9.78. The molecular formula is C16H22O4. The van der Waals surface area contributed by atoms with Gasteiger partial charge >= 0.3 is 5.97 Å². The van der Waals surface area contributed by atoms with Gasteiger partial charge in [-0.2, -0.15) is 0 Å². The molecule has 1 fully saturated rings. The fourth-order valence-corrected chi connectivity index (χ4v) is 2.08. The molecule has 2 unspecified atom stereocenters. The van der Waals surface area contributed by atoms with Gasteiger partial charge in [-0.05, 0) is 32.3 Å². The van der Waals surface area contributed by atoms with Gasteiger partial charge in [0.25, 0.3) is 0 Å². The summed E-state index contributed by atoms with van der Waals surface area (Å²) in [5.41, 5.74) is 1.04. The summed E-state index contributed by atoms with van der Waals surface area (Å²) in [7, 11) is 0. The van der Waals surface area contributed by atoms with Crippen molar-refractivity contribution in [1.29, 1.82) is 0 Å². The molecule has 1 saturated heterocycles. The topological polar surface area (TPSA) is 44.8 Å². The minimum Gasteiger partial charge on any atom is -0.458 e. The van der Waals surface area contributed by atoms with Crippen molar-refractivity contribution in [2.45, 2.75) is 51.6 Å². The Morgan fingerprint density at radius 3 is 2.75 bits per heavy atom. The van der Waals surface area contributed by atoms with Crippen molar-refractivity contribution >= 4 is 5.97 Å². The van der Waals surface area contributed by atoms with Crippen LogP contribution in [0, 0.1) is 0 Å². The van der Waals surface area contributed by atoms with Gasteiger partial charge < -0.3 is 14.2 Å². The largest absolute Gasteiger partial charge is 0.458 e. The first kappa shape index (κ1) is 15.0. The second kappa shape index (κ2) is 7.41. The van der Waals surface area contributed by atoms with Crippen LogP contribution >= 0.6 is 0 Å². The van der Waals surface area contributed by atoms with Gasteiger partial charge in [0.1, 0.15) is 6.10 Å². The van der Waals surface area contributed by atoms with Gasteiger partial charge in [-0.15, -0.1) is 0 Å². The summed E-state index contributed by atoms with van der Waals surface area (Å²) < 4.78 is 16.4. The van der Waals surface area contributed by atoms with Crippen LogP contribution in [0.5, 0.6) is 0 Å². The number of benzene rings is 1. The molecule has 0 saturated carbocycles. The fraction of sp³-hybridized carbons (Fsp3) is 0.562. The van der Waals surface area contributed by atoms with Gasteiger partial charge in [0.05, 0.1) is 19.3 Å². The number of rotatable bonds is 5. The minimum atomic E-state index is -0.561. The standard InChI is InChI=1S/C16H22O4/c1-12-8-9-15(11-18-12)20-16(17)13(2)19-10-14-6-4-3-5-7-14/h3-7,12-13,15H,8-11H2,1-2H3/t12?,13-,15?/m1/s1. The Balaban J connectivity index is 1.72. The monoisotopic (exact) mass is 278 g/mol. The third kappa shape index (κ3) is 4.62. The maximum atomic E-state index is 11.9. The highest BCUT2D eigenvalue weighted by atomic mass is 16.6. The van der Waals surface area contributed by atoms with Crippen molar-refractivity contribution in [1.82, 2.24) is 0 Å². The Hall–Kier alpha value is -1.39. The van der Waals surface area contributed by atoms with E-state index in [9.17, 15) is 4.79 Å². The van der Waals surface area contributed by atoms with Crippen LogP contribution in [0.25, 0.3) is 0 Å². The molecule has 0 spiro atoms. The fourth-order valence-electron chi connectivity index (χ4n) is 2.08. The molecule has 3 atom stereocenters. The van der Waals surface area contributed by atoms with Crippen molar-refractivity contribution in [3.05, 3.63) is 35.9 Å². The lowest BCUT2D eigenvalue weighted by Gasteiger charge is -2.27. The summed E-state index contributed by atoms with van der Waals surface area (Å²) in [6.07, 6.45) is 1.35. The van der Waals surface area contributed by atoms with E-state index in [0.29, 0.717) is 13.2 Å². The van der Waals surface area contributed by atoms with Gasteiger partial charge in [-0.3, -0.25) is 0 Å². The molecule has 2 rings (SSSR count). The van der Waals surface area contributed by atoms with E-state index in [2.05, 4.69) is 0 Å². The summed E-state index contributed by atoms with van der Waals surface area (Å²) in [5.74, 6) is -0.316. The number of esters is 1. The SMILES string of the molecule is CC1CCC(OC(=O)[C@@H](C)OCc2ccccc2)CO1. The number of hydrogen-bond donors (Lipinski definition) is 0. The van der Waals surface area contributed by atoms with Crippen LogP contribution in [0.1, 0.15) is 32.3 Å². The molecule has 4 nitrogen and oxygen atoms in total. The molecule has 0 aromatic heterocycles. The van der Waals surface area contributed by atoms with E-state index in [1.54, 1.807) is 6.92 Å². The lowest BCUT2D eigenvalue weighted by Crippen LogP contribution is -2.35. The summed E-state index contributed by atoms with van der Waals surface area (Å²) in [4.78, 5) is 11.9. The van der Waals surface area contributed by atoms with Gasteiger partial charge in [0.15, 0.2) is 6.10 Å². The molecule has 1 aliphatic rings.